The van der Waals surface area contributed by atoms with Crippen LogP contribution in [0.15, 0.2) is 0 Å². The number of aliphatic hydroxyl groups is 3. The Bertz CT molecular complexity index is 640. The van der Waals surface area contributed by atoms with E-state index in [-0.39, 0.29) is 48.8 Å². The molecule has 2 aliphatic heterocycles. The monoisotopic (exact) mass is 502 g/mol. The summed E-state index contributed by atoms with van der Waals surface area (Å²) in [5, 5.41) is 39.5. The number of rotatable bonds is 17. The Hall–Kier alpha value is -1.26. The van der Waals surface area contributed by atoms with Gasteiger partial charge in [-0.2, -0.15) is 0 Å². The SMILES string of the molecule is C[C@@H](CC(=O)OCCCCCCCCC(=O)O)C[C@@H]1OC[C@H](C[C@@H]2O[C@H]2[C@@H](C)[C@H](C)O)[C@@H](O)[C@H]1O. The first kappa shape index (κ1) is 30.0. The van der Waals surface area contributed by atoms with E-state index >= 15 is 0 Å². The Morgan fingerprint density at radius 2 is 1.63 bits per heavy atom. The molecule has 204 valence electrons. The zero-order chi connectivity index (χ0) is 26.0. The van der Waals surface area contributed by atoms with Gasteiger partial charge in [0.25, 0.3) is 0 Å². The van der Waals surface area contributed by atoms with Crippen molar-refractivity contribution in [3.05, 3.63) is 0 Å². The lowest BCUT2D eigenvalue weighted by Gasteiger charge is -2.38. The molecule has 9 heteroatoms. The highest BCUT2D eigenvalue weighted by molar-refractivity contribution is 5.69. The van der Waals surface area contributed by atoms with Crippen molar-refractivity contribution in [2.75, 3.05) is 13.2 Å². The summed E-state index contributed by atoms with van der Waals surface area (Å²) in [5.74, 6) is -1.28. The fourth-order valence-electron chi connectivity index (χ4n) is 4.83. The molecule has 2 saturated heterocycles. The maximum absolute atomic E-state index is 12.1. The minimum atomic E-state index is -1.02. The molecule has 0 amide bonds. The summed E-state index contributed by atoms with van der Waals surface area (Å²) in [4.78, 5) is 22.6. The van der Waals surface area contributed by atoms with Gasteiger partial charge in [0, 0.05) is 24.7 Å². The van der Waals surface area contributed by atoms with Crippen LogP contribution < -0.4 is 0 Å². The maximum Gasteiger partial charge on any atom is 0.306 e. The third-order valence-electron chi connectivity index (χ3n) is 7.37. The topological polar surface area (TPSA) is 146 Å². The van der Waals surface area contributed by atoms with Gasteiger partial charge in [0.2, 0.25) is 0 Å². The van der Waals surface area contributed by atoms with Gasteiger partial charge in [-0.3, -0.25) is 9.59 Å². The summed E-state index contributed by atoms with van der Waals surface area (Å²) >= 11 is 0. The molecule has 0 aromatic carbocycles. The number of unbranched alkanes of at least 4 members (excludes halogenated alkanes) is 5. The van der Waals surface area contributed by atoms with Crippen LogP contribution in [0, 0.1) is 17.8 Å². The van der Waals surface area contributed by atoms with Gasteiger partial charge in [0.15, 0.2) is 0 Å². The van der Waals surface area contributed by atoms with Gasteiger partial charge in [-0.05, 0) is 38.5 Å². The predicted molar refractivity (Wildman–Crippen MR) is 129 cm³/mol. The van der Waals surface area contributed by atoms with Crippen molar-refractivity contribution >= 4 is 11.9 Å². The first-order valence-corrected chi connectivity index (χ1v) is 13.3. The number of hydrogen-bond donors (Lipinski definition) is 4. The van der Waals surface area contributed by atoms with Crippen LogP contribution in [0.1, 0.15) is 85.0 Å². The van der Waals surface area contributed by atoms with Crippen molar-refractivity contribution < 1.29 is 44.2 Å². The summed E-state index contributed by atoms with van der Waals surface area (Å²) in [6, 6.07) is 0. The molecule has 0 unspecified atom stereocenters. The third kappa shape index (κ3) is 10.7. The molecule has 0 aliphatic carbocycles. The second-order valence-electron chi connectivity index (χ2n) is 10.6. The van der Waals surface area contributed by atoms with Gasteiger partial charge >= 0.3 is 11.9 Å². The number of aliphatic carboxylic acids is 1. The Morgan fingerprint density at radius 1 is 0.971 bits per heavy atom. The van der Waals surface area contributed by atoms with E-state index in [9.17, 15) is 24.9 Å². The highest BCUT2D eigenvalue weighted by atomic mass is 16.6. The number of carboxylic acid groups (broad SMARTS) is 1. The van der Waals surface area contributed by atoms with Crippen molar-refractivity contribution in [1.82, 2.24) is 0 Å². The molecule has 0 saturated carbocycles. The summed E-state index contributed by atoms with van der Waals surface area (Å²) < 4.78 is 16.8. The van der Waals surface area contributed by atoms with Crippen molar-refractivity contribution in [3.63, 3.8) is 0 Å². The quantitative estimate of drug-likeness (QED) is 0.134. The normalized spacial score (nSPS) is 30.9. The first-order chi connectivity index (χ1) is 16.6. The molecule has 2 aliphatic rings. The van der Waals surface area contributed by atoms with E-state index in [2.05, 4.69) is 0 Å². The van der Waals surface area contributed by atoms with Crippen molar-refractivity contribution in [3.8, 4) is 0 Å². The molecule has 0 bridgehead atoms. The lowest BCUT2D eigenvalue weighted by Crippen LogP contribution is -2.51. The van der Waals surface area contributed by atoms with Crippen LogP contribution in [0.4, 0.5) is 0 Å². The Labute approximate surface area is 209 Å². The molecule has 0 spiro atoms. The van der Waals surface area contributed by atoms with Crippen LogP contribution >= 0.6 is 0 Å². The van der Waals surface area contributed by atoms with Crippen molar-refractivity contribution in [2.45, 2.75) is 122 Å². The molecule has 0 aromatic heterocycles. The van der Waals surface area contributed by atoms with Crippen LogP contribution in [-0.2, 0) is 23.8 Å². The van der Waals surface area contributed by atoms with E-state index in [1.807, 2.05) is 13.8 Å². The fraction of sp³-hybridized carbons (Fsp3) is 0.923. The number of epoxide rings is 1. The number of carboxylic acids is 1. The van der Waals surface area contributed by atoms with Gasteiger partial charge in [-0.25, -0.2) is 0 Å². The molecule has 2 fully saturated rings. The zero-order valence-electron chi connectivity index (χ0n) is 21.5. The summed E-state index contributed by atoms with van der Waals surface area (Å²) in [6.45, 7) is 6.29. The van der Waals surface area contributed by atoms with E-state index in [1.54, 1.807) is 6.92 Å². The van der Waals surface area contributed by atoms with E-state index in [0.29, 0.717) is 32.5 Å². The summed E-state index contributed by atoms with van der Waals surface area (Å²) in [5.41, 5.74) is 0. The largest absolute Gasteiger partial charge is 0.481 e. The van der Waals surface area contributed by atoms with Gasteiger partial charge in [0.05, 0.1) is 43.7 Å². The standard InChI is InChI=1S/C26H46O9/c1-16(13-23(30)33-11-9-7-5-4-6-8-10-22(28)29)12-20-25(32)24(31)19(15-34-20)14-21-26(35-21)17(2)18(3)27/h16-21,24-27,31-32H,4-15H2,1-3H3,(H,28,29)/t16-,17+,18+,19+,20+,21+,24-,25+,26+/m1/s1. The van der Waals surface area contributed by atoms with E-state index in [0.717, 1.165) is 32.1 Å². The lowest BCUT2D eigenvalue weighted by atomic mass is 9.84. The molecular formula is C26H46O9. The van der Waals surface area contributed by atoms with Gasteiger partial charge in [0.1, 0.15) is 6.10 Å². The predicted octanol–water partition coefficient (Wildman–Crippen LogP) is 2.67. The van der Waals surface area contributed by atoms with Crippen LogP contribution in [0.3, 0.4) is 0 Å². The second-order valence-corrected chi connectivity index (χ2v) is 10.6. The number of esters is 1. The fourth-order valence-corrected chi connectivity index (χ4v) is 4.83. The van der Waals surface area contributed by atoms with E-state index in [4.69, 9.17) is 19.3 Å². The van der Waals surface area contributed by atoms with E-state index < -0.39 is 30.4 Å². The Balaban J connectivity index is 1.56. The first-order valence-electron chi connectivity index (χ1n) is 13.3. The Morgan fingerprint density at radius 3 is 2.29 bits per heavy atom. The van der Waals surface area contributed by atoms with Crippen LogP contribution in [0.25, 0.3) is 0 Å². The van der Waals surface area contributed by atoms with Crippen LogP contribution in [-0.4, -0.2) is 82.2 Å². The average molecular weight is 503 g/mol. The van der Waals surface area contributed by atoms with E-state index in [1.165, 1.54) is 0 Å². The molecule has 0 radical (unpaired) electrons. The molecule has 35 heavy (non-hydrogen) atoms. The highest BCUT2D eigenvalue weighted by Crippen LogP contribution is 2.38. The minimum absolute atomic E-state index is 0.0214. The smallest absolute Gasteiger partial charge is 0.306 e. The van der Waals surface area contributed by atoms with Crippen molar-refractivity contribution in [1.29, 1.82) is 0 Å². The third-order valence-corrected chi connectivity index (χ3v) is 7.37. The number of aliphatic hydroxyl groups excluding tert-OH is 3. The summed E-state index contributed by atoms with van der Waals surface area (Å²) in [6.07, 6.45) is 3.86. The van der Waals surface area contributed by atoms with Gasteiger partial charge in [-0.15, -0.1) is 0 Å². The zero-order valence-corrected chi connectivity index (χ0v) is 21.5. The van der Waals surface area contributed by atoms with Gasteiger partial charge < -0.3 is 34.6 Å². The molecular weight excluding hydrogens is 456 g/mol. The molecule has 9 nitrogen and oxygen atoms in total. The number of carbonyl (C=O) groups excluding carboxylic acids is 1. The molecule has 2 rings (SSSR count). The maximum atomic E-state index is 12.1. The lowest BCUT2D eigenvalue weighted by molar-refractivity contribution is -0.171. The van der Waals surface area contributed by atoms with Crippen LogP contribution in [0.5, 0.6) is 0 Å². The molecule has 4 N–H and O–H groups in total. The summed E-state index contributed by atoms with van der Waals surface area (Å²) in [7, 11) is 0. The molecule has 2 heterocycles. The Kier molecular flexibility index (Phi) is 12.9. The van der Waals surface area contributed by atoms with Crippen LogP contribution in [0.2, 0.25) is 0 Å². The van der Waals surface area contributed by atoms with Crippen molar-refractivity contribution in [2.24, 2.45) is 17.8 Å². The number of ether oxygens (including phenoxy) is 3. The van der Waals surface area contributed by atoms with Gasteiger partial charge in [-0.1, -0.05) is 39.5 Å². The minimum Gasteiger partial charge on any atom is -0.481 e. The molecule has 0 aromatic rings. The number of carbonyl (C=O) groups is 2. The highest BCUT2D eigenvalue weighted by Gasteiger charge is 2.48. The molecule has 9 atom stereocenters. The average Bonchev–Trinajstić information content (AvgIpc) is 3.55. The number of hydrogen-bond acceptors (Lipinski definition) is 8. The second kappa shape index (κ2) is 15.1.